The maximum absolute atomic E-state index is 8.73. The summed E-state index contributed by atoms with van der Waals surface area (Å²) in [7, 11) is 2.15. The lowest BCUT2D eigenvalue weighted by molar-refractivity contribution is 0.304. The average Bonchev–Trinajstić information content (AvgIpc) is 2.46. The van der Waals surface area contributed by atoms with E-state index in [2.05, 4.69) is 18.0 Å². The van der Waals surface area contributed by atoms with Gasteiger partial charge in [0.25, 0.3) is 0 Å². The van der Waals surface area contributed by atoms with E-state index in [0.717, 1.165) is 12.5 Å². The van der Waals surface area contributed by atoms with Crippen LogP contribution in [0.25, 0.3) is 0 Å². The summed E-state index contributed by atoms with van der Waals surface area (Å²) in [6.45, 7) is 0. The lowest BCUT2D eigenvalue weighted by atomic mass is 9.91. The number of hydrogen-bond acceptors (Lipinski definition) is 2. The number of fused-ring (bicyclic) bond motifs is 2. The van der Waals surface area contributed by atoms with Gasteiger partial charge in [-0.1, -0.05) is 0 Å². The lowest BCUT2D eigenvalue weighted by Gasteiger charge is -2.14. The van der Waals surface area contributed by atoms with E-state index in [4.69, 9.17) is 5.26 Å². The molecule has 2 bridgehead atoms. The molecule has 0 unspecified atom stereocenters. The fourth-order valence-electron chi connectivity index (χ4n) is 2.40. The summed E-state index contributed by atoms with van der Waals surface area (Å²) in [5.74, 6) is 0.337. The normalized spacial score (nSPS) is 45.8. The van der Waals surface area contributed by atoms with Gasteiger partial charge in [0.2, 0.25) is 0 Å². The molecule has 0 aromatic rings. The summed E-state index contributed by atoms with van der Waals surface area (Å²) in [4.78, 5) is 2.38. The standard InChI is InChI=1S/C8H12N2/c1-10-7-2-3-8(10)6(4-7)5-9/h6-8H,2-4H2,1H3/t6-,7+,8-/m0/s1. The molecule has 54 valence electrons. The minimum atomic E-state index is 0.337. The van der Waals surface area contributed by atoms with Crippen molar-refractivity contribution in [1.29, 1.82) is 5.26 Å². The van der Waals surface area contributed by atoms with Gasteiger partial charge in [-0.25, -0.2) is 0 Å². The molecule has 0 amide bonds. The highest BCUT2D eigenvalue weighted by atomic mass is 15.2. The molecule has 2 nitrogen and oxygen atoms in total. The zero-order valence-electron chi connectivity index (χ0n) is 6.25. The number of nitriles is 1. The Balaban J connectivity index is 2.17. The van der Waals surface area contributed by atoms with Crippen LogP contribution in [0.15, 0.2) is 0 Å². The molecule has 3 atom stereocenters. The van der Waals surface area contributed by atoms with Gasteiger partial charge in [0.15, 0.2) is 0 Å². The largest absolute Gasteiger partial charge is 0.299 e. The van der Waals surface area contributed by atoms with Gasteiger partial charge in [-0.05, 0) is 26.3 Å². The van der Waals surface area contributed by atoms with Crippen LogP contribution < -0.4 is 0 Å². The van der Waals surface area contributed by atoms with Crippen LogP contribution in [0.3, 0.4) is 0 Å². The van der Waals surface area contributed by atoms with Crippen molar-refractivity contribution in [1.82, 2.24) is 4.90 Å². The highest BCUT2D eigenvalue weighted by molar-refractivity contribution is 5.06. The lowest BCUT2D eigenvalue weighted by Crippen LogP contribution is -2.25. The van der Waals surface area contributed by atoms with Crippen molar-refractivity contribution in [3.63, 3.8) is 0 Å². The molecule has 0 aliphatic carbocycles. The van der Waals surface area contributed by atoms with Gasteiger partial charge in [-0.2, -0.15) is 5.26 Å². The van der Waals surface area contributed by atoms with Crippen molar-refractivity contribution in [2.75, 3.05) is 7.05 Å². The van der Waals surface area contributed by atoms with Crippen molar-refractivity contribution in [2.24, 2.45) is 5.92 Å². The maximum atomic E-state index is 8.73. The molecule has 0 N–H and O–H groups in total. The molecule has 0 radical (unpaired) electrons. The van der Waals surface area contributed by atoms with Crippen LogP contribution in [0.4, 0.5) is 0 Å². The van der Waals surface area contributed by atoms with Crippen LogP contribution in [0.2, 0.25) is 0 Å². The molecule has 0 spiro atoms. The van der Waals surface area contributed by atoms with E-state index in [9.17, 15) is 0 Å². The monoisotopic (exact) mass is 136 g/mol. The van der Waals surface area contributed by atoms with Gasteiger partial charge in [-0.3, -0.25) is 4.90 Å². The van der Waals surface area contributed by atoms with Crippen molar-refractivity contribution in [3.05, 3.63) is 0 Å². The summed E-state index contributed by atoms with van der Waals surface area (Å²) >= 11 is 0. The van der Waals surface area contributed by atoms with Crippen molar-refractivity contribution >= 4 is 0 Å². The van der Waals surface area contributed by atoms with E-state index >= 15 is 0 Å². The van der Waals surface area contributed by atoms with E-state index in [1.54, 1.807) is 0 Å². The van der Waals surface area contributed by atoms with E-state index < -0.39 is 0 Å². The predicted molar refractivity (Wildman–Crippen MR) is 38.3 cm³/mol. The minimum absolute atomic E-state index is 0.337. The molecular formula is C8H12N2. The zero-order chi connectivity index (χ0) is 7.14. The Labute approximate surface area is 61.4 Å². The molecular weight excluding hydrogens is 124 g/mol. The summed E-state index contributed by atoms with van der Waals surface area (Å²) < 4.78 is 0. The van der Waals surface area contributed by atoms with E-state index in [0.29, 0.717) is 12.0 Å². The first-order valence-corrected chi connectivity index (χ1v) is 3.94. The fourth-order valence-corrected chi connectivity index (χ4v) is 2.40. The topological polar surface area (TPSA) is 27.0 Å². The van der Waals surface area contributed by atoms with Gasteiger partial charge in [0.05, 0.1) is 12.0 Å². The van der Waals surface area contributed by atoms with Gasteiger partial charge >= 0.3 is 0 Å². The molecule has 2 aliphatic heterocycles. The Kier molecular flexibility index (Phi) is 1.21. The highest BCUT2D eigenvalue weighted by Gasteiger charge is 2.43. The molecule has 0 saturated carbocycles. The molecule has 2 aliphatic rings. The van der Waals surface area contributed by atoms with Crippen molar-refractivity contribution < 1.29 is 0 Å². The second-order valence-electron chi connectivity index (χ2n) is 3.44. The molecule has 2 heteroatoms. The van der Waals surface area contributed by atoms with Crippen LogP contribution in [0, 0.1) is 17.2 Å². The third kappa shape index (κ3) is 0.615. The average molecular weight is 136 g/mol. The Morgan fingerprint density at radius 2 is 2.30 bits per heavy atom. The van der Waals surface area contributed by atoms with Gasteiger partial charge < -0.3 is 0 Å². The summed E-state index contributed by atoms with van der Waals surface area (Å²) in [5.41, 5.74) is 0. The molecule has 0 aromatic carbocycles. The SMILES string of the molecule is CN1[C@@H]2CC[C@H]1[C@H](C#N)C2. The van der Waals surface area contributed by atoms with Gasteiger partial charge in [0.1, 0.15) is 0 Å². The van der Waals surface area contributed by atoms with E-state index in [1.807, 2.05) is 0 Å². The molecule has 2 heterocycles. The first kappa shape index (κ1) is 6.18. The Bertz CT molecular complexity index is 182. The van der Waals surface area contributed by atoms with Crippen LogP contribution >= 0.6 is 0 Å². The van der Waals surface area contributed by atoms with Crippen molar-refractivity contribution in [3.8, 4) is 6.07 Å². The second-order valence-corrected chi connectivity index (χ2v) is 3.44. The second kappa shape index (κ2) is 1.96. The van der Waals surface area contributed by atoms with Gasteiger partial charge in [-0.15, -0.1) is 0 Å². The smallest absolute Gasteiger partial charge is 0.0672 e. The molecule has 0 aromatic heterocycles. The number of nitrogens with zero attached hydrogens (tertiary/aromatic N) is 2. The first-order chi connectivity index (χ1) is 4.83. The van der Waals surface area contributed by atoms with Gasteiger partial charge in [0, 0.05) is 12.1 Å². The summed E-state index contributed by atoms with van der Waals surface area (Å²) in [5, 5.41) is 8.73. The third-order valence-electron chi connectivity index (χ3n) is 3.05. The summed E-state index contributed by atoms with van der Waals surface area (Å²) in [6, 6.07) is 3.71. The van der Waals surface area contributed by atoms with Crippen LogP contribution in [0.5, 0.6) is 0 Å². The summed E-state index contributed by atoms with van der Waals surface area (Å²) in [6.07, 6.45) is 3.69. The molecule has 2 fully saturated rings. The molecule has 2 saturated heterocycles. The fraction of sp³-hybridized carbons (Fsp3) is 0.875. The Morgan fingerprint density at radius 3 is 2.60 bits per heavy atom. The van der Waals surface area contributed by atoms with Crippen LogP contribution in [-0.2, 0) is 0 Å². The highest BCUT2D eigenvalue weighted by Crippen LogP contribution is 2.39. The third-order valence-corrected chi connectivity index (χ3v) is 3.05. The molecule has 10 heavy (non-hydrogen) atoms. The number of rotatable bonds is 0. The van der Waals surface area contributed by atoms with Crippen LogP contribution in [-0.4, -0.2) is 24.0 Å². The maximum Gasteiger partial charge on any atom is 0.0672 e. The zero-order valence-corrected chi connectivity index (χ0v) is 6.25. The predicted octanol–water partition coefficient (Wildman–Crippen LogP) is 0.993. The van der Waals surface area contributed by atoms with E-state index in [1.165, 1.54) is 12.8 Å². The Hall–Kier alpha value is -0.550. The van der Waals surface area contributed by atoms with Crippen LogP contribution in [0.1, 0.15) is 19.3 Å². The first-order valence-electron chi connectivity index (χ1n) is 3.94. The van der Waals surface area contributed by atoms with Crippen molar-refractivity contribution in [2.45, 2.75) is 31.3 Å². The Morgan fingerprint density at radius 1 is 1.50 bits per heavy atom. The van der Waals surface area contributed by atoms with E-state index in [-0.39, 0.29) is 0 Å². The minimum Gasteiger partial charge on any atom is -0.299 e. The number of hydrogen-bond donors (Lipinski definition) is 0. The quantitative estimate of drug-likeness (QED) is 0.496. The molecule has 2 rings (SSSR count).